The highest BCUT2D eigenvalue weighted by Gasteiger charge is 2.22. The van der Waals surface area contributed by atoms with Crippen molar-refractivity contribution in [3.8, 4) is 0 Å². The van der Waals surface area contributed by atoms with Gasteiger partial charge in [0, 0.05) is 13.2 Å². The molecule has 0 radical (unpaired) electrons. The molecule has 0 rings (SSSR count). The van der Waals surface area contributed by atoms with Crippen molar-refractivity contribution in [2.75, 3.05) is 39.6 Å². The van der Waals surface area contributed by atoms with Crippen LogP contribution in [0.25, 0.3) is 0 Å². The third kappa shape index (κ3) is 34.9. The van der Waals surface area contributed by atoms with Gasteiger partial charge in [0.2, 0.25) is 0 Å². The van der Waals surface area contributed by atoms with Crippen LogP contribution in [0.2, 0.25) is 0 Å². The average molecular weight is 645 g/mol. The van der Waals surface area contributed by atoms with Crippen molar-refractivity contribution in [2.45, 2.75) is 212 Å². The summed E-state index contributed by atoms with van der Waals surface area (Å²) in [6.45, 7) is 5.90. The number of rotatable bonds is 39. The van der Waals surface area contributed by atoms with E-state index in [1.54, 1.807) is 0 Å². The summed E-state index contributed by atoms with van der Waals surface area (Å²) in [6.07, 6.45) is 34.8. The predicted octanol–water partition coefficient (Wildman–Crippen LogP) is 10.1. The van der Waals surface area contributed by atoms with Gasteiger partial charge in [-0.15, -0.1) is 0 Å². The second kappa shape index (κ2) is 38.2. The largest absolute Gasteiger partial charge is 0.394 e. The summed E-state index contributed by atoms with van der Waals surface area (Å²) >= 11 is 0. The Bertz CT molecular complexity index is 534. The summed E-state index contributed by atoms with van der Waals surface area (Å²) in [5, 5.41) is 29.5. The Labute approximate surface area is 280 Å². The summed E-state index contributed by atoms with van der Waals surface area (Å²) in [5.41, 5.74) is 0. The summed E-state index contributed by atoms with van der Waals surface area (Å²) in [7, 11) is 0. The lowest BCUT2D eigenvalue weighted by molar-refractivity contribution is -0.121. The van der Waals surface area contributed by atoms with E-state index in [1.165, 1.54) is 161 Å². The summed E-state index contributed by atoms with van der Waals surface area (Å²) < 4.78 is 17.3. The fourth-order valence-corrected chi connectivity index (χ4v) is 5.87. The van der Waals surface area contributed by atoms with Gasteiger partial charge in [0.1, 0.15) is 18.3 Å². The zero-order chi connectivity index (χ0) is 32.9. The van der Waals surface area contributed by atoms with E-state index in [2.05, 4.69) is 13.8 Å². The van der Waals surface area contributed by atoms with Crippen molar-refractivity contribution in [3.63, 3.8) is 0 Å². The van der Waals surface area contributed by atoms with Gasteiger partial charge in [-0.2, -0.15) is 0 Å². The van der Waals surface area contributed by atoms with E-state index in [0.717, 1.165) is 19.3 Å². The van der Waals surface area contributed by atoms with E-state index in [0.29, 0.717) is 13.2 Å². The Morgan fingerprint density at radius 1 is 0.400 bits per heavy atom. The maximum absolute atomic E-state index is 10.7. The second-order valence-electron chi connectivity index (χ2n) is 13.6. The maximum Gasteiger partial charge on any atom is 0.109 e. The molecule has 0 fully saturated rings. The van der Waals surface area contributed by atoms with Crippen molar-refractivity contribution in [3.05, 3.63) is 0 Å². The molecule has 0 aromatic rings. The molecule has 0 aromatic carbocycles. The van der Waals surface area contributed by atoms with Crippen LogP contribution in [0.1, 0.15) is 194 Å². The quantitative estimate of drug-likeness (QED) is 0.0577. The maximum atomic E-state index is 10.7. The van der Waals surface area contributed by atoms with Gasteiger partial charge in [0.05, 0.1) is 26.4 Å². The number of hydrogen-bond donors (Lipinski definition) is 3. The van der Waals surface area contributed by atoms with E-state index in [1.807, 2.05) is 0 Å². The molecule has 3 N–H and O–H groups in total. The van der Waals surface area contributed by atoms with Crippen LogP contribution in [-0.4, -0.2) is 73.3 Å². The highest BCUT2D eigenvalue weighted by molar-refractivity contribution is 4.70. The molecule has 45 heavy (non-hydrogen) atoms. The molecule has 0 aliphatic carbocycles. The topological polar surface area (TPSA) is 88.4 Å². The van der Waals surface area contributed by atoms with Crippen LogP contribution in [0.5, 0.6) is 0 Å². The average Bonchev–Trinajstić information content (AvgIpc) is 3.05. The van der Waals surface area contributed by atoms with Gasteiger partial charge in [-0.1, -0.05) is 181 Å². The fourth-order valence-electron chi connectivity index (χ4n) is 5.87. The molecule has 3 atom stereocenters. The Morgan fingerprint density at radius 2 is 0.711 bits per heavy atom. The lowest BCUT2D eigenvalue weighted by atomic mass is 10.0. The van der Waals surface area contributed by atoms with Crippen LogP contribution in [0.15, 0.2) is 0 Å². The van der Waals surface area contributed by atoms with Gasteiger partial charge in [0.25, 0.3) is 0 Å². The molecule has 3 unspecified atom stereocenters. The van der Waals surface area contributed by atoms with Crippen molar-refractivity contribution in [1.82, 2.24) is 0 Å². The van der Waals surface area contributed by atoms with E-state index in [-0.39, 0.29) is 26.4 Å². The number of aliphatic hydroxyl groups is 3. The minimum atomic E-state index is -0.957. The summed E-state index contributed by atoms with van der Waals surface area (Å²) in [5.74, 6) is 0. The number of ether oxygens (including phenoxy) is 3. The lowest BCUT2D eigenvalue weighted by Crippen LogP contribution is -2.39. The molecule has 0 saturated heterocycles. The van der Waals surface area contributed by atoms with Crippen molar-refractivity contribution in [1.29, 1.82) is 0 Å². The molecule has 0 heterocycles. The lowest BCUT2D eigenvalue weighted by Gasteiger charge is -2.24. The first kappa shape index (κ1) is 44.8. The third-order valence-electron chi connectivity index (χ3n) is 9.00. The van der Waals surface area contributed by atoms with E-state index >= 15 is 0 Å². The van der Waals surface area contributed by atoms with E-state index < -0.39 is 18.3 Å². The molecular formula is C39H80O6. The van der Waals surface area contributed by atoms with Crippen LogP contribution in [0.3, 0.4) is 0 Å². The number of unbranched alkanes of at least 4 members (excludes halogenated alkanes) is 26. The first-order chi connectivity index (χ1) is 22.2. The first-order valence-corrected chi connectivity index (χ1v) is 19.9. The van der Waals surface area contributed by atoms with Gasteiger partial charge < -0.3 is 29.5 Å². The summed E-state index contributed by atoms with van der Waals surface area (Å²) in [4.78, 5) is 0. The molecular weight excluding hydrogens is 564 g/mol. The minimum Gasteiger partial charge on any atom is -0.394 e. The predicted molar refractivity (Wildman–Crippen MR) is 191 cm³/mol. The smallest absolute Gasteiger partial charge is 0.109 e. The van der Waals surface area contributed by atoms with E-state index in [9.17, 15) is 10.2 Å². The SMILES string of the molecule is CCCCCCCCCCCCCCCCOCC(O)C(COCCCCCCCCCCCCCCCC)OCC(O)CO. The summed E-state index contributed by atoms with van der Waals surface area (Å²) in [6, 6.07) is 0. The zero-order valence-electron chi connectivity index (χ0n) is 30.3. The van der Waals surface area contributed by atoms with Crippen LogP contribution >= 0.6 is 0 Å². The Morgan fingerprint density at radius 3 is 1.04 bits per heavy atom. The first-order valence-electron chi connectivity index (χ1n) is 19.9. The van der Waals surface area contributed by atoms with Gasteiger partial charge in [-0.25, -0.2) is 0 Å². The van der Waals surface area contributed by atoms with Crippen LogP contribution in [0.4, 0.5) is 0 Å². The molecule has 6 nitrogen and oxygen atoms in total. The molecule has 0 saturated carbocycles. The van der Waals surface area contributed by atoms with Crippen molar-refractivity contribution < 1.29 is 29.5 Å². The Hall–Kier alpha value is -0.240. The fraction of sp³-hybridized carbons (Fsp3) is 1.00. The van der Waals surface area contributed by atoms with Gasteiger partial charge >= 0.3 is 0 Å². The van der Waals surface area contributed by atoms with Gasteiger partial charge in [0.15, 0.2) is 0 Å². The molecule has 0 bridgehead atoms. The normalized spacial score (nSPS) is 13.8. The van der Waals surface area contributed by atoms with E-state index in [4.69, 9.17) is 19.3 Å². The highest BCUT2D eigenvalue weighted by Crippen LogP contribution is 2.15. The standard InChI is InChI=1S/C39H80O6/c1-3-5-7-9-11-13-15-17-19-21-23-25-27-29-31-43-35-38(42)39(45-34-37(41)33-40)36-44-32-30-28-26-24-22-20-18-16-14-12-10-8-6-4-2/h37-42H,3-36H2,1-2H3. The molecule has 0 aromatic heterocycles. The molecule has 272 valence electrons. The second-order valence-corrected chi connectivity index (χ2v) is 13.6. The van der Waals surface area contributed by atoms with Crippen molar-refractivity contribution >= 4 is 0 Å². The number of aliphatic hydroxyl groups excluding tert-OH is 3. The number of hydrogen-bond acceptors (Lipinski definition) is 6. The van der Waals surface area contributed by atoms with Crippen LogP contribution < -0.4 is 0 Å². The monoisotopic (exact) mass is 645 g/mol. The molecule has 0 aliphatic heterocycles. The van der Waals surface area contributed by atoms with Gasteiger partial charge in [-0.3, -0.25) is 0 Å². The van der Waals surface area contributed by atoms with Gasteiger partial charge in [-0.05, 0) is 12.8 Å². The van der Waals surface area contributed by atoms with Crippen molar-refractivity contribution in [2.24, 2.45) is 0 Å². The third-order valence-corrected chi connectivity index (χ3v) is 9.00. The van der Waals surface area contributed by atoms with Crippen LogP contribution in [0, 0.1) is 0 Å². The minimum absolute atomic E-state index is 0.0284. The Balaban J connectivity index is 3.75. The molecule has 0 amide bonds. The molecule has 0 spiro atoms. The molecule has 0 aliphatic rings. The Kier molecular flexibility index (Phi) is 38.0. The van der Waals surface area contributed by atoms with Crippen LogP contribution in [-0.2, 0) is 14.2 Å². The highest BCUT2D eigenvalue weighted by atomic mass is 16.6. The zero-order valence-corrected chi connectivity index (χ0v) is 30.3. The molecule has 6 heteroatoms.